The van der Waals surface area contributed by atoms with Crippen LogP contribution in [0.5, 0.6) is 11.5 Å². The van der Waals surface area contributed by atoms with Gasteiger partial charge in [0.1, 0.15) is 17.3 Å². The molecule has 1 atom stereocenters. The number of ether oxygens (including phenoxy) is 2. The van der Waals surface area contributed by atoms with Crippen LogP contribution in [0.1, 0.15) is 21.5 Å². The fraction of sp³-hybridized carbons (Fsp3) is 0.231. The van der Waals surface area contributed by atoms with Crippen LogP contribution in [0, 0.1) is 5.82 Å². The van der Waals surface area contributed by atoms with Gasteiger partial charge in [-0.3, -0.25) is 9.59 Å². The Kier molecular flexibility index (Phi) is 5.69. The Labute approximate surface area is 201 Å². The number of thioether (sulfide) groups is 1. The number of methoxy groups -OCH3 is 2. The third-order valence-corrected chi connectivity index (χ3v) is 7.69. The number of anilines is 1. The summed E-state index contributed by atoms with van der Waals surface area (Å²) in [4.78, 5) is 29.7. The summed E-state index contributed by atoms with van der Waals surface area (Å²) in [5, 5.41) is 0. The van der Waals surface area contributed by atoms with E-state index in [0.29, 0.717) is 46.2 Å². The van der Waals surface area contributed by atoms with Gasteiger partial charge in [-0.05, 0) is 48.5 Å². The Balaban J connectivity index is 1.60. The maximum atomic E-state index is 14.5. The van der Waals surface area contributed by atoms with E-state index in [9.17, 15) is 14.0 Å². The number of carbonyl (C=O) groups is 2. The van der Waals surface area contributed by atoms with Crippen molar-refractivity contribution in [3.05, 3.63) is 89.2 Å². The molecular weight excluding hydrogens is 455 g/mol. The van der Waals surface area contributed by atoms with Gasteiger partial charge in [0.15, 0.2) is 4.87 Å². The summed E-state index contributed by atoms with van der Waals surface area (Å²) in [5.74, 6) is 0.938. The first-order valence-corrected chi connectivity index (χ1v) is 11.8. The Hall–Kier alpha value is -3.52. The summed E-state index contributed by atoms with van der Waals surface area (Å²) in [7, 11) is 3.12. The van der Waals surface area contributed by atoms with Crippen LogP contribution >= 0.6 is 11.8 Å². The topological polar surface area (TPSA) is 59.1 Å². The lowest BCUT2D eigenvalue weighted by Crippen LogP contribution is -2.50. The number of rotatable bonds is 5. The molecule has 6 nitrogen and oxygen atoms in total. The van der Waals surface area contributed by atoms with Crippen LogP contribution in [0.4, 0.5) is 10.1 Å². The quantitative estimate of drug-likeness (QED) is 0.543. The first-order valence-electron chi connectivity index (χ1n) is 10.8. The highest BCUT2D eigenvalue weighted by molar-refractivity contribution is 8.01. The molecule has 5 rings (SSSR count). The van der Waals surface area contributed by atoms with Crippen LogP contribution in [0.2, 0.25) is 0 Å². The molecule has 1 saturated heterocycles. The van der Waals surface area contributed by atoms with E-state index in [4.69, 9.17) is 9.47 Å². The number of amides is 2. The van der Waals surface area contributed by atoms with E-state index in [0.717, 1.165) is 0 Å². The first kappa shape index (κ1) is 22.3. The SMILES string of the molecule is COc1ccc(C(=O)N2CCSC23C(=O)N(Cc2ccccc2F)c2ccc(OC)cc23)cc1. The summed E-state index contributed by atoms with van der Waals surface area (Å²) < 4.78 is 25.1. The molecule has 8 heteroatoms. The smallest absolute Gasteiger partial charge is 0.268 e. The average Bonchev–Trinajstić information content (AvgIpc) is 3.41. The van der Waals surface area contributed by atoms with Gasteiger partial charge in [-0.2, -0.15) is 0 Å². The summed E-state index contributed by atoms with van der Waals surface area (Å²) in [6, 6.07) is 18.6. The minimum absolute atomic E-state index is 0.0672. The van der Waals surface area contributed by atoms with Crippen LogP contribution in [0.3, 0.4) is 0 Å². The van der Waals surface area contributed by atoms with Crippen LogP contribution in [0.25, 0.3) is 0 Å². The van der Waals surface area contributed by atoms with Crippen molar-refractivity contribution in [2.45, 2.75) is 11.4 Å². The van der Waals surface area contributed by atoms with Crippen molar-refractivity contribution >= 4 is 29.3 Å². The summed E-state index contributed by atoms with van der Waals surface area (Å²) in [5.41, 5.74) is 2.20. The van der Waals surface area contributed by atoms with Gasteiger partial charge in [0.2, 0.25) is 0 Å². The lowest BCUT2D eigenvalue weighted by molar-refractivity contribution is -0.123. The van der Waals surface area contributed by atoms with Crippen molar-refractivity contribution in [1.29, 1.82) is 0 Å². The van der Waals surface area contributed by atoms with Gasteiger partial charge in [-0.1, -0.05) is 18.2 Å². The van der Waals surface area contributed by atoms with Crippen LogP contribution in [-0.2, 0) is 16.2 Å². The minimum Gasteiger partial charge on any atom is -0.497 e. The number of fused-ring (bicyclic) bond motifs is 2. The molecule has 0 aromatic heterocycles. The van der Waals surface area contributed by atoms with Crippen LogP contribution < -0.4 is 14.4 Å². The monoisotopic (exact) mass is 478 g/mol. The van der Waals surface area contributed by atoms with Crippen molar-refractivity contribution in [1.82, 2.24) is 4.90 Å². The molecule has 1 fully saturated rings. The predicted molar refractivity (Wildman–Crippen MR) is 129 cm³/mol. The molecule has 0 saturated carbocycles. The molecule has 2 aliphatic heterocycles. The average molecular weight is 479 g/mol. The second-order valence-corrected chi connectivity index (χ2v) is 9.33. The Bertz CT molecular complexity index is 1270. The lowest BCUT2D eigenvalue weighted by Gasteiger charge is -2.33. The molecule has 2 aliphatic rings. The zero-order valence-electron chi connectivity index (χ0n) is 18.8. The van der Waals surface area contributed by atoms with Crippen molar-refractivity contribution in [3.8, 4) is 11.5 Å². The zero-order valence-corrected chi connectivity index (χ0v) is 19.6. The third kappa shape index (κ3) is 3.40. The van der Waals surface area contributed by atoms with E-state index in [1.807, 2.05) is 0 Å². The van der Waals surface area contributed by atoms with Gasteiger partial charge >= 0.3 is 0 Å². The maximum absolute atomic E-state index is 14.5. The fourth-order valence-electron chi connectivity index (χ4n) is 4.56. The molecule has 2 heterocycles. The largest absolute Gasteiger partial charge is 0.497 e. The minimum atomic E-state index is -1.24. The normalized spacial score (nSPS) is 19.0. The van der Waals surface area contributed by atoms with Crippen molar-refractivity contribution < 1.29 is 23.5 Å². The van der Waals surface area contributed by atoms with E-state index in [1.165, 1.54) is 17.8 Å². The van der Waals surface area contributed by atoms with Gasteiger partial charge in [0.05, 0.1) is 26.5 Å². The second-order valence-electron chi connectivity index (χ2n) is 8.04. The number of hydrogen-bond donors (Lipinski definition) is 0. The van der Waals surface area contributed by atoms with Crippen LogP contribution in [-0.4, -0.2) is 43.2 Å². The lowest BCUT2D eigenvalue weighted by atomic mass is 10.0. The molecule has 3 aromatic carbocycles. The molecule has 0 aliphatic carbocycles. The summed E-state index contributed by atoms with van der Waals surface area (Å²) in [6.45, 7) is 0.475. The van der Waals surface area contributed by atoms with Crippen molar-refractivity contribution in [2.75, 3.05) is 31.4 Å². The first-order chi connectivity index (χ1) is 16.5. The Morgan fingerprint density at radius 3 is 2.44 bits per heavy atom. The van der Waals surface area contributed by atoms with E-state index in [1.54, 1.807) is 84.7 Å². The van der Waals surface area contributed by atoms with E-state index in [2.05, 4.69) is 0 Å². The van der Waals surface area contributed by atoms with Gasteiger partial charge in [0, 0.05) is 29.0 Å². The van der Waals surface area contributed by atoms with Gasteiger partial charge in [0.25, 0.3) is 11.8 Å². The van der Waals surface area contributed by atoms with E-state index in [-0.39, 0.29) is 24.2 Å². The number of halogens is 1. The van der Waals surface area contributed by atoms with Gasteiger partial charge in [-0.15, -0.1) is 11.8 Å². The molecular formula is C26H23FN2O4S. The van der Waals surface area contributed by atoms with Crippen LogP contribution in [0.15, 0.2) is 66.7 Å². The second kappa shape index (κ2) is 8.68. The number of carbonyl (C=O) groups excluding carboxylic acids is 2. The molecule has 3 aromatic rings. The predicted octanol–water partition coefficient (Wildman–Crippen LogP) is 4.43. The molecule has 34 heavy (non-hydrogen) atoms. The fourth-order valence-corrected chi connectivity index (χ4v) is 6.02. The molecule has 0 bridgehead atoms. The van der Waals surface area contributed by atoms with E-state index >= 15 is 0 Å². The molecule has 0 radical (unpaired) electrons. The molecule has 1 spiro atoms. The van der Waals surface area contributed by atoms with Crippen molar-refractivity contribution in [3.63, 3.8) is 0 Å². The van der Waals surface area contributed by atoms with Gasteiger partial charge in [-0.25, -0.2) is 4.39 Å². The highest BCUT2D eigenvalue weighted by Gasteiger charge is 2.59. The molecule has 2 amide bonds. The van der Waals surface area contributed by atoms with Crippen molar-refractivity contribution in [2.24, 2.45) is 0 Å². The number of hydrogen-bond acceptors (Lipinski definition) is 5. The Morgan fingerprint density at radius 2 is 1.74 bits per heavy atom. The summed E-state index contributed by atoms with van der Waals surface area (Å²) >= 11 is 1.42. The molecule has 0 N–H and O–H groups in total. The standard InChI is InChI=1S/C26H23FN2O4S/c1-32-19-9-7-17(8-10-19)24(30)29-13-14-34-26(29)21-15-20(33-2)11-12-23(21)28(25(26)31)16-18-5-3-4-6-22(18)27/h3-12,15H,13-14,16H2,1-2H3. The number of benzene rings is 3. The third-order valence-electron chi connectivity index (χ3n) is 6.27. The highest BCUT2D eigenvalue weighted by Crippen LogP contribution is 2.55. The van der Waals surface area contributed by atoms with E-state index < -0.39 is 4.87 Å². The molecule has 174 valence electrons. The number of nitrogens with zero attached hydrogens (tertiary/aromatic N) is 2. The zero-order chi connectivity index (χ0) is 23.9. The Morgan fingerprint density at radius 1 is 1.03 bits per heavy atom. The highest BCUT2D eigenvalue weighted by atomic mass is 32.2. The maximum Gasteiger partial charge on any atom is 0.268 e. The summed E-state index contributed by atoms with van der Waals surface area (Å²) in [6.07, 6.45) is 0. The molecule has 1 unspecified atom stereocenters. The van der Waals surface area contributed by atoms with Gasteiger partial charge < -0.3 is 19.3 Å².